The predicted octanol–water partition coefficient (Wildman–Crippen LogP) is 1.78. The van der Waals surface area contributed by atoms with Gasteiger partial charge in [0.1, 0.15) is 5.56 Å². The van der Waals surface area contributed by atoms with E-state index < -0.39 is 17.3 Å². The lowest BCUT2D eigenvalue weighted by Gasteiger charge is -2.09. The fourth-order valence-electron chi connectivity index (χ4n) is 1.84. The van der Waals surface area contributed by atoms with Crippen LogP contribution in [0.1, 0.15) is 22.8 Å². The standard InChI is InChI=1S/C15H15NO4/c1-2-20-15(19)12-8-9-16(14(18)13(12)17)10-11-6-4-3-5-7-11/h3-9,17H,2,10H2,1H3. The highest BCUT2D eigenvalue weighted by atomic mass is 16.5. The molecule has 0 unspecified atom stereocenters. The molecule has 0 bridgehead atoms. The van der Waals surface area contributed by atoms with Gasteiger partial charge in [-0.1, -0.05) is 30.3 Å². The van der Waals surface area contributed by atoms with Crippen molar-refractivity contribution in [1.29, 1.82) is 0 Å². The molecule has 2 aromatic rings. The van der Waals surface area contributed by atoms with Crippen LogP contribution in [0.2, 0.25) is 0 Å². The van der Waals surface area contributed by atoms with Crippen LogP contribution in [0.4, 0.5) is 0 Å². The minimum absolute atomic E-state index is 0.110. The van der Waals surface area contributed by atoms with Gasteiger partial charge in [-0.15, -0.1) is 0 Å². The molecule has 0 aliphatic rings. The topological polar surface area (TPSA) is 68.5 Å². The third-order valence-corrected chi connectivity index (χ3v) is 2.83. The van der Waals surface area contributed by atoms with Gasteiger partial charge < -0.3 is 14.4 Å². The molecule has 0 saturated heterocycles. The van der Waals surface area contributed by atoms with Crippen LogP contribution >= 0.6 is 0 Å². The number of carbonyl (C=O) groups is 1. The average Bonchev–Trinajstić information content (AvgIpc) is 2.45. The molecule has 20 heavy (non-hydrogen) atoms. The molecule has 0 radical (unpaired) electrons. The number of aromatic hydroxyl groups is 1. The van der Waals surface area contributed by atoms with E-state index in [-0.39, 0.29) is 12.2 Å². The van der Waals surface area contributed by atoms with Gasteiger partial charge in [-0.2, -0.15) is 0 Å². The summed E-state index contributed by atoms with van der Waals surface area (Å²) in [5.74, 6) is -1.28. The Morgan fingerprint density at radius 2 is 1.95 bits per heavy atom. The zero-order chi connectivity index (χ0) is 14.5. The Labute approximate surface area is 116 Å². The number of benzene rings is 1. The lowest BCUT2D eigenvalue weighted by atomic mass is 10.2. The van der Waals surface area contributed by atoms with Crippen LogP contribution in [0.15, 0.2) is 47.4 Å². The fourth-order valence-corrected chi connectivity index (χ4v) is 1.84. The monoisotopic (exact) mass is 273 g/mol. The second kappa shape index (κ2) is 6.06. The first-order valence-corrected chi connectivity index (χ1v) is 6.27. The summed E-state index contributed by atoms with van der Waals surface area (Å²) in [5, 5.41) is 9.82. The quantitative estimate of drug-likeness (QED) is 0.862. The maximum Gasteiger partial charge on any atom is 0.342 e. The van der Waals surface area contributed by atoms with E-state index in [1.54, 1.807) is 6.92 Å². The first kappa shape index (κ1) is 13.9. The fraction of sp³-hybridized carbons (Fsp3) is 0.200. The molecule has 2 rings (SSSR count). The number of pyridine rings is 1. The largest absolute Gasteiger partial charge is 0.502 e. The van der Waals surface area contributed by atoms with E-state index in [1.807, 2.05) is 30.3 Å². The molecule has 0 spiro atoms. The Balaban J connectivity index is 2.32. The highest BCUT2D eigenvalue weighted by Gasteiger charge is 2.16. The van der Waals surface area contributed by atoms with E-state index in [9.17, 15) is 14.7 Å². The number of esters is 1. The number of aromatic nitrogens is 1. The Morgan fingerprint density at radius 3 is 2.60 bits per heavy atom. The van der Waals surface area contributed by atoms with Crippen LogP contribution in [-0.2, 0) is 11.3 Å². The van der Waals surface area contributed by atoms with Gasteiger partial charge in [0.05, 0.1) is 13.2 Å². The van der Waals surface area contributed by atoms with Crippen molar-refractivity contribution in [3.63, 3.8) is 0 Å². The van der Waals surface area contributed by atoms with E-state index in [0.29, 0.717) is 6.54 Å². The summed E-state index contributed by atoms with van der Waals surface area (Å²) in [6.45, 7) is 2.17. The van der Waals surface area contributed by atoms with Crippen LogP contribution in [-0.4, -0.2) is 22.2 Å². The van der Waals surface area contributed by atoms with Gasteiger partial charge in [-0.05, 0) is 18.6 Å². The number of ether oxygens (including phenoxy) is 1. The molecule has 0 saturated carbocycles. The summed E-state index contributed by atoms with van der Waals surface area (Å²) in [6, 6.07) is 10.8. The minimum Gasteiger partial charge on any atom is -0.502 e. The molecule has 104 valence electrons. The van der Waals surface area contributed by atoms with E-state index >= 15 is 0 Å². The van der Waals surface area contributed by atoms with E-state index in [0.717, 1.165) is 5.56 Å². The van der Waals surface area contributed by atoms with Crippen LogP contribution in [0.5, 0.6) is 5.75 Å². The smallest absolute Gasteiger partial charge is 0.342 e. The summed E-state index contributed by atoms with van der Waals surface area (Å²) in [5.41, 5.74) is 0.207. The molecule has 0 atom stereocenters. The molecule has 1 N–H and O–H groups in total. The number of rotatable bonds is 4. The van der Waals surface area contributed by atoms with E-state index in [4.69, 9.17) is 4.74 Å². The van der Waals surface area contributed by atoms with Gasteiger partial charge in [-0.3, -0.25) is 4.79 Å². The lowest BCUT2D eigenvalue weighted by molar-refractivity contribution is 0.0522. The number of hydrogen-bond acceptors (Lipinski definition) is 4. The lowest BCUT2D eigenvalue weighted by Crippen LogP contribution is -2.22. The number of hydrogen-bond donors (Lipinski definition) is 1. The molecule has 5 nitrogen and oxygen atoms in total. The molecule has 5 heteroatoms. The van der Waals surface area contributed by atoms with Crippen molar-refractivity contribution in [3.8, 4) is 5.75 Å². The van der Waals surface area contributed by atoms with Gasteiger partial charge in [0, 0.05) is 6.20 Å². The van der Waals surface area contributed by atoms with Gasteiger partial charge in [0.2, 0.25) is 0 Å². The molecule has 0 aliphatic carbocycles. The molecule has 1 aromatic carbocycles. The Morgan fingerprint density at radius 1 is 1.25 bits per heavy atom. The Kier molecular flexibility index (Phi) is 4.20. The Bertz CT molecular complexity index is 661. The second-order valence-electron chi connectivity index (χ2n) is 4.22. The van der Waals surface area contributed by atoms with Gasteiger partial charge in [0.25, 0.3) is 5.56 Å². The maximum atomic E-state index is 12.0. The molecular formula is C15H15NO4. The Hall–Kier alpha value is -2.56. The molecule has 0 aliphatic heterocycles. The van der Waals surface area contributed by atoms with Crippen molar-refractivity contribution < 1.29 is 14.6 Å². The summed E-state index contributed by atoms with van der Waals surface area (Å²) in [7, 11) is 0. The summed E-state index contributed by atoms with van der Waals surface area (Å²) < 4.78 is 6.12. The summed E-state index contributed by atoms with van der Waals surface area (Å²) in [4.78, 5) is 23.6. The van der Waals surface area contributed by atoms with Crippen molar-refractivity contribution in [3.05, 3.63) is 64.1 Å². The third-order valence-electron chi connectivity index (χ3n) is 2.83. The SMILES string of the molecule is CCOC(=O)c1ccn(Cc2ccccc2)c(=O)c1O. The molecule has 1 heterocycles. The number of carbonyl (C=O) groups excluding carboxylic acids is 1. The van der Waals surface area contributed by atoms with Crippen molar-refractivity contribution in [2.75, 3.05) is 6.61 Å². The molecule has 0 fully saturated rings. The first-order chi connectivity index (χ1) is 9.63. The second-order valence-corrected chi connectivity index (χ2v) is 4.22. The van der Waals surface area contributed by atoms with E-state index in [1.165, 1.54) is 16.8 Å². The highest BCUT2D eigenvalue weighted by molar-refractivity contribution is 5.92. The first-order valence-electron chi connectivity index (χ1n) is 6.27. The average molecular weight is 273 g/mol. The van der Waals surface area contributed by atoms with Crippen LogP contribution in [0, 0.1) is 0 Å². The van der Waals surface area contributed by atoms with Crippen molar-refractivity contribution >= 4 is 5.97 Å². The van der Waals surface area contributed by atoms with Crippen molar-refractivity contribution in [2.24, 2.45) is 0 Å². The van der Waals surface area contributed by atoms with Gasteiger partial charge in [-0.25, -0.2) is 4.79 Å². The van der Waals surface area contributed by atoms with Crippen molar-refractivity contribution in [2.45, 2.75) is 13.5 Å². The maximum absolute atomic E-state index is 12.0. The van der Waals surface area contributed by atoms with Crippen LogP contribution < -0.4 is 5.56 Å². The van der Waals surface area contributed by atoms with Crippen LogP contribution in [0.3, 0.4) is 0 Å². The van der Waals surface area contributed by atoms with E-state index in [2.05, 4.69) is 0 Å². The molecular weight excluding hydrogens is 258 g/mol. The van der Waals surface area contributed by atoms with Gasteiger partial charge >= 0.3 is 5.97 Å². The third kappa shape index (κ3) is 2.88. The van der Waals surface area contributed by atoms with Gasteiger partial charge in [0.15, 0.2) is 5.75 Å². The normalized spacial score (nSPS) is 10.2. The predicted molar refractivity (Wildman–Crippen MR) is 73.9 cm³/mol. The zero-order valence-electron chi connectivity index (χ0n) is 11.1. The minimum atomic E-state index is -0.700. The van der Waals surface area contributed by atoms with Crippen LogP contribution in [0.25, 0.3) is 0 Å². The summed E-state index contributed by atoms with van der Waals surface area (Å²) in [6.07, 6.45) is 1.47. The highest BCUT2D eigenvalue weighted by Crippen LogP contribution is 2.13. The molecule has 1 aromatic heterocycles. The number of nitrogens with zero attached hydrogens (tertiary/aromatic N) is 1. The summed E-state index contributed by atoms with van der Waals surface area (Å²) >= 11 is 0. The van der Waals surface area contributed by atoms with Crippen molar-refractivity contribution in [1.82, 2.24) is 4.57 Å². The zero-order valence-corrected chi connectivity index (χ0v) is 11.1. The molecule has 0 amide bonds.